The molecule has 1 aromatic heterocycles. The molecule has 1 nitrogen and oxygen atoms in total. The minimum absolute atomic E-state index is 0.0373. The van der Waals surface area contributed by atoms with Gasteiger partial charge in [-0.05, 0) is 56.8 Å². The fourth-order valence-electron chi connectivity index (χ4n) is 1.89. The van der Waals surface area contributed by atoms with Gasteiger partial charge in [-0.2, -0.15) is 0 Å². The highest BCUT2D eigenvalue weighted by Crippen LogP contribution is 2.30. The van der Waals surface area contributed by atoms with Crippen LogP contribution in [0, 0.1) is 11.6 Å². The second-order valence-corrected chi connectivity index (χ2v) is 6.30. The first-order valence-electron chi connectivity index (χ1n) is 5.97. The van der Waals surface area contributed by atoms with Gasteiger partial charge in [-0.3, -0.25) is 0 Å². The summed E-state index contributed by atoms with van der Waals surface area (Å²) in [6.07, 6.45) is 0.706. The molecule has 1 aromatic carbocycles. The van der Waals surface area contributed by atoms with E-state index in [0.717, 1.165) is 12.1 Å². The molecule has 0 radical (unpaired) electrons. The molecule has 4 heteroatoms. The van der Waals surface area contributed by atoms with Crippen LogP contribution in [0.2, 0.25) is 0 Å². The van der Waals surface area contributed by atoms with Crippen molar-refractivity contribution in [3.63, 3.8) is 0 Å². The summed E-state index contributed by atoms with van der Waals surface area (Å²) < 4.78 is 27.7. The van der Waals surface area contributed by atoms with Crippen molar-refractivity contribution in [3.05, 3.63) is 34.7 Å². The Morgan fingerprint density at radius 1 is 1.17 bits per heavy atom. The molecule has 0 fully saturated rings. The quantitative estimate of drug-likeness (QED) is 0.884. The minimum atomic E-state index is -0.341. The largest absolute Gasteiger partial charge is 0.312 e. The first kappa shape index (κ1) is 13.4. The molecule has 0 aliphatic carbocycles. The van der Waals surface area contributed by atoms with Gasteiger partial charge in [0, 0.05) is 10.9 Å². The van der Waals surface area contributed by atoms with Crippen molar-refractivity contribution in [1.29, 1.82) is 0 Å². The summed E-state index contributed by atoms with van der Waals surface area (Å²) in [7, 11) is 0. The van der Waals surface area contributed by atoms with Crippen LogP contribution in [0.3, 0.4) is 0 Å². The van der Waals surface area contributed by atoms with E-state index in [1.807, 2.05) is 5.38 Å². The topological polar surface area (TPSA) is 12.0 Å². The molecule has 0 aliphatic rings. The number of thiophene rings is 1. The molecule has 0 unspecified atom stereocenters. The second kappa shape index (κ2) is 4.94. The van der Waals surface area contributed by atoms with Gasteiger partial charge in [0.2, 0.25) is 0 Å². The third-order valence-electron chi connectivity index (χ3n) is 2.75. The van der Waals surface area contributed by atoms with Gasteiger partial charge in [-0.15, -0.1) is 11.3 Å². The maximum absolute atomic E-state index is 13.7. The molecule has 98 valence electrons. The van der Waals surface area contributed by atoms with Crippen LogP contribution in [0.15, 0.2) is 17.5 Å². The molecule has 0 bridgehead atoms. The lowest BCUT2D eigenvalue weighted by Crippen LogP contribution is -2.37. The van der Waals surface area contributed by atoms with E-state index >= 15 is 0 Å². The van der Waals surface area contributed by atoms with Crippen LogP contribution in [0.4, 0.5) is 8.78 Å². The summed E-state index contributed by atoms with van der Waals surface area (Å²) in [5.74, 6) is -0.676. The predicted molar refractivity (Wildman–Crippen MR) is 73.2 cm³/mol. The van der Waals surface area contributed by atoms with Crippen LogP contribution < -0.4 is 5.32 Å². The van der Waals surface area contributed by atoms with Crippen molar-refractivity contribution in [2.24, 2.45) is 0 Å². The zero-order valence-corrected chi connectivity index (χ0v) is 11.6. The Balaban J connectivity index is 2.22. The Hall–Kier alpha value is -1.00. The zero-order chi connectivity index (χ0) is 13.3. The summed E-state index contributed by atoms with van der Waals surface area (Å²) in [5.41, 5.74) is 0.916. The lowest BCUT2D eigenvalue weighted by Gasteiger charge is -2.20. The number of rotatable bonds is 3. The molecule has 0 aliphatic heterocycles. The minimum Gasteiger partial charge on any atom is -0.312 e. The van der Waals surface area contributed by atoms with Crippen LogP contribution in [0.5, 0.6) is 0 Å². The van der Waals surface area contributed by atoms with Crippen molar-refractivity contribution < 1.29 is 8.78 Å². The van der Waals surface area contributed by atoms with E-state index < -0.39 is 0 Å². The molecule has 0 amide bonds. The summed E-state index contributed by atoms with van der Waals surface area (Å²) in [4.78, 5) is 0. The lowest BCUT2D eigenvalue weighted by atomic mass is 10.1. The van der Waals surface area contributed by atoms with E-state index in [2.05, 4.69) is 26.1 Å². The second-order valence-electron chi connectivity index (χ2n) is 5.42. The van der Waals surface area contributed by atoms with Gasteiger partial charge in [0.15, 0.2) is 0 Å². The lowest BCUT2D eigenvalue weighted by molar-refractivity contribution is 0.430. The fourth-order valence-corrected chi connectivity index (χ4v) is 2.92. The van der Waals surface area contributed by atoms with Gasteiger partial charge >= 0.3 is 0 Å². The third-order valence-corrected chi connectivity index (χ3v) is 3.79. The summed E-state index contributed by atoms with van der Waals surface area (Å²) in [6.45, 7) is 7.00. The maximum Gasteiger partial charge on any atom is 0.141 e. The van der Waals surface area contributed by atoms with Gasteiger partial charge in [0.1, 0.15) is 11.6 Å². The average Bonchev–Trinajstić information content (AvgIpc) is 2.67. The number of benzene rings is 1. The van der Waals surface area contributed by atoms with Gasteiger partial charge < -0.3 is 5.32 Å². The van der Waals surface area contributed by atoms with E-state index in [1.165, 1.54) is 23.5 Å². The smallest absolute Gasteiger partial charge is 0.141 e. The first-order valence-corrected chi connectivity index (χ1v) is 6.85. The molecule has 1 N–H and O–H groups in total. The SMILES string of the molecule is CC(C)(C)NCCc1csc2c(F)ccc(F)c12. The van der Waals surface area contributed by atoms with Crippen LogP contribution in [-0.2, 0) is 6.42 Å². The maximum atomic E-state index is 13.7. The molecule has 18 heavy (non-hydrogen) atoms. The van der Waals surface area contributed by atoms with Gasteiger partial charge in [-0.25, -0.2) is 8.78 Å². The van der Waals surface area contributed by atoms with Gasteiger partial charge in [0.05, 0.1) is 4.70 Å². The number of hydrogen-bond acceptors (Lipinski definition) is 2. The molecule has 2 aromatic rings. The van der Waals surface area contributed by atoms with E-state index in [-0.39, 0.29) is 17.2 Å². The number of fused-ring (bicyclic) bond motifs is 1. The van der Waals surface area contributed by atoms with Crippen molar-refractivity contribution >= 4 is 21.4 Å². The van der Waals surface area contributed by atoms with E-state index in [9.17, 15) is 8.78 Å². The van der Waals surface area contributed by atoms with Crippen LogP contribution in [-0.4, -0.2) is 12.1 Å². The van der Waals surface area contributed by atoms with Crippen molar-refractivity contribution in [1.82, 2.24) is 5.32 Å². The Morgan fingerprint density at radius 2 is 1.83 bits per heavy atom. The average molecular weight is 269 g/mol. The molecule has 0 saturated heterocycles. The Kier molecular flexibility index (Phi) is 3.69. The summed E-state index contributed by atoms with van der Waals surface area (Å²) in [6, 6.07) is 2.39. The molecule has 2 rings (SSSR count). The molecular weight excluding hydrogens is 252 g/mol. The molecular formula is C14H17F2NS. The van der Waals surface area contributed by atoms with E-state index in [0.29, 0.717) is 16.5 Å². The number of hydrogen-bond donors (Lipinski definition) is 1. The van der Waals surface area contributed by atoms with Crippen molar-refractivity contribution in [2.45, 2.75) is 32.7 Å². The summed E-state index contributed by atoms with van der Waals surface area (Å²) in [5, 5.41) is 5.64. The standard InChI is InChI=1S/C14H17F2NS/c1-14(2,3)17-7-6-9-8-18-13-11(16)5-4-10(15)12(9)13/h4-5,8,17H,6-7H2,1-3H3. The predicted octanol–water partition coefficient (Wildman–Crippen LogP) is 4.11. The van der Waals surface area contributed by atoms with Crippen LogP contribution in [0.25, 0.3) is 10.1 Å². The third kappa shape index (κ3) is 2.87. The number of halogens is 2. The Bertz CT molecular complexity index is 555. The first-order chi connectivity index (χ1) is 8.38. The van der Waals surface area contributed by atoms with E-state index in [4.69, 9.17) is 0 Å². The van der Waals surface area contributed by atoms with E-state index in [1.54, 1.807) is 0 Å². The monoisotopic (exact) mass is 269 g/mol. The van der Waals surface area contributed by atoms with Crippen LogP contribution in [0.1, 0.15) is 26.3 Å². The van der Waals surface area contributed by atoms with Crippen LogP contribution >= 0.6 is 11.3 Å². The molecule has 0 saturated carbocycles. The highest BCUT2D eigenvalue weighted by atomic mass is 32.1. The van der Waals surface area contributed by atoms with Crippen molar-refractivity contribution in [3.8, 4) is 0 Å². The Morgan fingerprint density at radius 3 is 2.50 bits per heavy atom. The molecule has 0 atom stereocenters. The van der Waals surface area contributed by atoms with Crippen molar-refractivity contribution in [2.75, 3.05) is 6.54 Å². The Labute approximate surface area is 110 Å². The summed E-state index contributed by atoms with van der Waals surface area (Å²) >= 11 is 1.27. The highest BCUT2D eigenvalue weighted by Gasteiger charge is 2.14. The molecule has 0 spiro atoms. The fraction of sp³-hybridized carbons (Fsp3) is 0.429. The number of nitrogens with one attached hydrogen (secondary N) is 1. The van der Waals surface area contributed by atoms with Gasteiger partial charge in [-0.1, -0.05) is 0 Å². The highest BCUT2D eigenvalue weighted by molar-refractivity contribution is 7.17. The van der Waals surface area contributed by atoms with Gasteiger partial charge in [0.25, 0.3) is 0 Å². The normalized spacial score (nSPS) is 12.3. The molecule has 1 heterocycles. The zero-order valence-electron chi connectivity index (χ0n) is 10.8.